The molecular weight excluding hydrogens is 234 g/mol. The quantitative estimate of drug-likeness (QED) is 0.818. The minimum Gasteiger partial charge on any atom is -0.341 e. The van der Waals surface area contributed by atoms with Crippen molar-refractivity contribution in [1.82, 2.24) is 4.90 Å². The Bertz CT molecular complexity index is 531. The normalized spacial score (nSPS) is 10.2. The fourth-order valence-electron chi connectivity index (χ4n) is 1.95. The molecule has 0 fully saturated rings. The summed E-state index contributed by atoms with van der Waals surface area (Å²) < 4.78 is 0. The van der Waals surface area contributed by atoms with Crippen LogP contribution >= 0.6 is 0 Å². The summed E-state index contributed by atoms with van der Waals surface area (Å²) >= 11 is 0. The highest BCUT2D eigenvalue weighted by Crippen LogP contribution is 2.07. The van der Waals surface area contributed by atoms with Crippen molar-refractivity contribution in [2.75, 3.05) is 13.6 Å². The van der Waals surface area contributed by atoms with Gasteiger partial charge in [-0.3, -0.25) is 4.79 Å². The molecule has 2 heteroatoms. The molecule has 98 valence electrons. The zero-order valence-electron chi connectivity index (χ0n) is 11.5. The van der Waals surface area contributed by atoms with Gasteiger partial charge >= 0.3 is 0 Å². The van der Waals surface area contributed by atoms with Crippen LogP contribution in [0, 0.1) is 6.92 Å². The van der Waals surface area contributed by atoms with Crippen LogP contribution < -0.4 is 0 Å². The SMILES string of the molecule is Cc1ccc(CCN(C)C(=O)c2ccccc2)cc1. The van der Waals surface area contributed by atoms with E-state index in [4.69, 9.17) is 0 Å². The van der Waals surface area contributed by atoms with Crippen molar-refractivity contribution in [3.8, 4) is 0 Å². The minimum atomic E-state index is 0.0766. The summed E-state index contributed by atoms with van der Waals surface area (Å²) in [5.74, 6) is 0.0766. The Morgan fingerprint density at radius 3 is 2.26 bits per heavy atom. The maximum absolute atomic E-state index is 12.1. The van der Waals surface area contributed by atoms with E-state index in [0.29, 0.717) is 0 Å². The highest BCUT2D eigenvalue weighted by molar-refractivity contribution is 5.93. The van der Waals surface area contributed by atoms with E-state index in [1.54, 1.807) is 4.90 Å². The second-order valence-electron chi connectivity index (χ2n) is 4.83. The molecule has 0 saturated heterocycles. The van der Waals surface area contributed by atoms with Crippen molar-refractivity contribution >= 4 is 5.91 Å². The molecule has 0 heterocycles. The summed E-state index contributed by atoms with van der Waals surface area (Å²) in [7, 11) is 1.85. The van der Waals surface area contributed by atoms with Crippen LogP contribution in [0.4, 0.5) is 0 Å². The number of likely N-dealkylation sites (N-methyl/N-ethyl adjacent to an activating group) is 1. The summed E-state index contributed by atoms with van der Waals surface area (Å²) in [4.78, 5) is 13.9. The smallest absolute Gasteiger partial charge is 0.253 e. The molecule has 2 aromatic carbocycles. The monoisotopic (exact) mass is 253 g/mol. The maximum atomic E-state index is 12.1. The minimum absolute atomic E-state index is 0.0766. The lowest BCUT2D eigenvalue weighted by Crippen LogP contribution is -2.28. The van der Waals surface area contributed by atoms with Crippen LogP contribution in [0.15, 0.2) is 54.6 Å². The molecule has 0 saturated carbocycles. The molecule has 0 aliphatic rings. The van der Waals surface area contributed by atoms with Gasteiger partial charge in [0.15, 0.2) is 0 Å². The third-order valence-corrected chi connectivity index (χ3v) is 3.22. The number of hydrogen-bond acceptors (Lipinski definition) is 1. The molecule has 1 amide bonds. The largest absolute Gasteiger partial charge is 0.341 e. The van der Waals surface area contributed by atoms with Crippen molar-refractivity contribution in [1.29, 1.82) is 0 Å². The van der Waals surface area contributed by atoms with Gasteiger partial charge in [0.1, 0.15) is 0 Å². The number of nitrogens with zero attached hydrogens (tertiary/aromatic N) is 1. The molecule has 0 atom stereocenters. The van der Waals surface area contributed by atoms with Crippen molar-refractivity contribution in [3.63, 3.8) is 0 Å². The van der Waals surface area contributed by atoms with E-state index in [-0.39, 0.29) is 5.91 Å². The fraction of sp³-hybridized carbons (Fsp3) is 0.235. The van der Waals surface area contributed by atoms with Crippen LogP contribution in [0.5, 0.6) is 0 Å². The first-order valence-electron chi connectivity index (χ1n) is 6.53. The first kappa shape index (κ1) is 13.3. The van der Waals surface area contributed by atoms with Crippen LogP contribution in [0.1, 0.15) is 21.5 Å². The zero-order valence-corrected chi connectivity index (χ0v) is 11.5. The Hall–Kier alpha value is -2.09. The van der Waals surface area contributed by atoms with Crippen molar-refractivity contribution in [2.45, 2.75) is 13.3 Å². The number of aryl methyl sites for hydroxylation is 1. The lowest BCUT2D eigenvalue weighted by Gasteiger charge is -2.17. The topological polar surface area (TPSA) is 20.3 Å². The van der Waals surface area contributed by atoms with Crippen molar-refractivity contribution in [3.05, 3.63) is 71.3 Å². The molecule has 0 aliphatic heterocycles. The van der Waals surface area contributed by atoms with Gasteiger partial charge in [-0.25, -0.2) is 0 Å². The van der Waals surface area contributed by atoms with Gasteiger partial charge < -0.3 is 4.90 Å². The van der Waals surface area contributed by atoms with Crippen molar-refractivity contribution in [2.24, 2.45) is 0 Å². The lowest BCUT2D eigenvalue weighted by molar-refractivity contribution is 0.0796. The van der Waals surface area contributed by atoms with Gasteiger partial charge in [-0.05, 0) is 31.0 Å². The third kappa shape index (κ3) is 3.68. The Labute approximate surface area is 114 Å². The number of carbonyl (C=O) groups is 1. The number of carbonyl (C=O) groups excluding carboxylic acids is 1. The van der Waals surface area contributed by atoms with E-state index in [1.807, 2.05) is 37.4 Å². The zero-order chi connectivity index (χ0) is 13.7. The molecule has 2 aromatic rings. The predicted octanol–water partition coefficient (Wildman–Crippen LogP) is 3.31. The van der Waals surface area contributed by atoms with Crippen LogP contribution in [0.25, 0.3) is 0 Å². The van der Waals surface area contributed by atoms with Gasteiger partial charge in [-0.2, -0.15) is 0 Å². The Kier molecular flexibility index (Phi) is 4.35. The van der Waals surface area contributed by atoms with Gasteiger partial charge in [-0.15, -0.1) is 0 Å². The van der Waals surface area contributed by atoms with Crippen molar-refractivity contribution < 1.29 is 4.79 Å². The molecule has 2 nitrogen and oxygen atoms in total. The van der Waals surface area contributed by atoms with Gasteiger partial charge in [0.25, 0.3) is 5.91 Å². The fourth-order valence-corrected chi connectivity index (χ4v) is 1.95. The molecule has 0 aromatic heterocycles. The third-order valence-electron chi connectivity index (χ3n) is 3.22. The second-order valence-corrected chi connectivity index (χ2v) is 4.83. The molecule has 0 N–H and O–H groups in total. The van der Waals surface area contributed by atoms with Gasteiger partial charge in [0.2, 0.25) is 0 Å². The van der Waals surface area contributed by atoms with E-state index in [1.165, 1.54) is 11.1 Å². The van der Waals surface area contributed by atoms with Crippen LogP contribution in [-0.4, -0.2) is 24.4 Å². The number of amides is 1. The van der Waals surface area contributed by atoms with Crippen LogP contribution in [-0.2, 0) is 6.42 Å². The van der Waals surface area contributed by atoms with Crippen LogP contribution in [0.3, 0.4) is 0 Å². The molecule has 0 aliphatic carbocycles. The molecule has 19 heavy (non-hydrogen) atoms. The highest BCUT2D eigenvalue weighted by atomic mass is 16.2. The van der Waals surface area contributed by atoms with Crippen LogP contribution in [0.2, 0.25) is 0 Å². The molecule has 0 radical (unpaired) electrons. The standard InChI is InChI=1S/C17H19NO/c1-14-8-10-15(11-9-14)12-13-18(2)17(19)16-6-4-3-5-7-16/h3-11H,12-13H2,1-2H3. The predicted molar refractivity (Wildman–Crippen MR) is 78.3 cm³/mol. The highest BCUT2D eigenvalue weighted by Gasteiger charge is 2.10. The summed E-state index contributed by atoms with van der Waals surface area (Å²) in [6, 6.07) is 17.9. The van der Waals surface area contributed by atoms with Gasteiger partial charge in [0, 0.05) is 19.2 Å². The van der Waals surface area contributed by atoms with E-state index in [9.17, 15) is 4.79 Å². The summed E-state index contributed by atoms with van der Waals surface area (Å²) in [6.45, 7) is 2.81. The molecule has 2 rings (SSSR count). The average molecular weight is 253 g/mol. The first-order chi connectivity index (χ1) is 9.16. The average Bonchev–Trinajstić information content (AvgIpc) is 2.46. The van der Waals surface area contributed by atoms with E-state index in [2.05, 4.69) is 31.2 Å². The summed E-state index contributed by atoms with van der Waals surface area (Å²) in [5.41, 5.74) is 3.27. The Morgan fingerprint density at radius 2 is 1.63 bits per heavy atom. The van der Waals surface area contributed by atoms with Gasteiger partial charge in [-0.1, -0.05) is 48.0 Å². The Balaban J connectivity index is 1.92. The number of hydrogen-bond donors (Lipinski definition) is 0. The van der Waals surface area contributed by atoms with E-state index in [0.717, 1.165) is 18.5 Å². The van der Waals surface area contributed by atoms with Gasteiger partial charge in [0.05, 0.1) is 0 Å². The molecule has 0 spiro atoms. The molecule has 0 bridgehead atoms. The summed E-state index contributed by atoms with van der Waals surface area (Å²) in [5, 5.41) is 0. The number of rotatable bonds is 4. The van der Waals surface area contributed by atoms with E-state index >= 15 is 0 Å². The lowest BCUT2D eigenvalue weighted by atomic mass is 10.1. The molecular formula is C17H19NO. The first-order valence-corrected chi connectivity index (χ1v) is 6.53. The Morgan fingerprint density at radius 1 is 1.00 bits per heavy atom. The summed E-state index contributed by atoms with van der Waals surface area (Å²) in [6.07, 6.45) is 0.884. The van der Waals surface area contributed by atoms with E-state index < -0.39 is 0 Å². The molecule has 0 unspecified atom stereocenters. The maximum Gasteiger partial charge on any atom is 0.253 e. The second kappa shape index (κ2) is 6.19. The number of benzene rings is 2.